The van der Waals surface area contributed by atoms with E-state index in [-0.39, 0.29) is 17.1 Å². The van der Waals surface area contributed by atoms with Crippen LogP contribution in [0.2, 0.25) is 0 Å². The molecule has 3 aliphatic rings. The van der Waals surface area contributed by atoms with Crippen LogP contribution in [0.15, 0.2) is 76.6 Å². The molecule has 40 heavy (non-hydrogen) atoms. The Morgan fingerprint density at radius 3 is 2.10 bits per heavy atom. The highest BCUT2D eigenvalue weighted by molar-refractivity contribution is 6.51. The summed E-state index contributed by atoms with van der Waals surface area (Å²) in [7, 11) is 11.0. The molecular formula is C32H43N6O2+. The van der Waals surface area contributed by atoms with Crippen molar-refractivity contribution in [1.29, 1.82) is 0 Å². The number of aliphatic hydroxyl groups excluding tert-OH is 1. The molecule has 5 rings (SSSR count). The molecule has 2 saturated heterocycles. The molecule has 0 amide bonds. The van der Waals surface area contributed by atoms with Crippen molar-refractivity contribution in [3.8, 4) is 0 Å². The third-order valence-electron chi connectivity index (χ3n) is 8.59. The molecule has 2 aromatic carbocycles. The highest BCUT2D eigenvalue weighted by Gasteiger charge is 2.32. The Morgan fingerprint density at radius 1 is 0.925 bits per heavy atom. The first-order valence-electron chi connectivity index (χ1n) is 14.2. The maximum Gasteiger partial charge on any atom is 0.210 e. The zero-order valence-electron chi connectivity index (χ0n) is 24.7. The van der Waals surface area contributed by atoms with Crippen LogP contribution < -0.4 is 15.1 Å². The number of nitrogens with zero attached hydrogens (tertiary/aromatic N) is 5. The van der Waals surface area contributed by atoms with Crippen molar-refractivity contribution < 1.29 is 14.4 Å². The second-order valence-electron chi connectivity index (χ2n) is 12.4. The smallest absolute Gasteiger partial charge is 0.210 e. The van der Waals surface area contributed by atoms with E-state index in [4.69, 9.17) is 0 Å². The lowest BCUT2D eigenvalue weighted by Crippen LogP contribution is -2.46. The molecular weight excluding hydrogens is 500 g/mol. The Labute approximate surface area is 238 Å². The van der Waals surface area contributed by atoms with Crippen molar-refractivity contribution >= 4 is 34.2 Å². The van der Waals surface area contributed by atoms with E-state index in [0.29, 0.717) is 29.2 Å². The number of benzene rings is 2. The molecule has 0 aromatic heterocycles. The van der Waals surface area contributed by atoms with Crippen molar-refractivity contribution in [1.82, 2.24) is 4.90 Å². The maximum absolute atomic E-state index is 13.0. The Morgan fingerprint density at radius 2 is 1.52 bits per heavy atom. The lowest BCUT2D eigenvalue weighted by molar-refractivity contribution is -0.893. The third-order valence-corrected chi connectivity index (χ3v) is 8.59. The first-order chi connectivity index (χ1) is 19.0. The summed E-state index contributed by atoms with van der Waals surface area (Å²) in [5.41, 5.74) is 4.98. The van der Waals surface area contributed by atoms with Gasteiger partial charge in [-0.15, -0.1) is 0 Å². The zero-order valence-corrected chi connectivity index (χ0v) is 24.7. The molecule has 2 fully saturated rings. The van der Waals surface area contributed by atoms with E-state index in [0.717, 1.165) is 42.8 Å². The molecule has 0 radical (unpaired) electrons. The van der Waals surface area contributed by atoms with Gasteiger partial charge < -0.3 is 29.6 Å². The van der Waals surface area contributed by atoms with E-state index in [1.807, 2.05) is 24.3 Å². The first kappa shape index (κ1) is 27.9. The fraction of sp³-hybridized carbons (Fsp3) is 0.438. The van der Waals surface area contributed by atoms with Crippen LogP contribution in [-0.2, 0) is 4.79 Å². The van der Waals surface area contributed by atoms with Crippen LogP contribution in [0, 0.1) is 0 Å². The standard InChI is InChI=1S/C32H42N6O2/c1-22-31(39)29(33-23-7-11-25(12-8-23)36-17-15-27(20-36)35(2)3)19-30(32(22)40)34-24-9-13-26(14-10-24)37-18-16-28(21-37)38(4,5)6/h7-14,19,27-28H,15-18,20-21H2,1-6H3,(H-,33,34,39,40)/p+1. The van der Waals surface area contributed by atoms with Crippen molar-refractivity contribution in [2.24, 2.45) is 4.99 Å². The highest BCUT2D eigenvalue weighted by atomic mass is 16.3. The number of carbonyl (C=O) groups is 1. The van der Waals surface area contributed by atoms with Crippen LogP contribution in [-0.4, -0.2) is 99.5 Å². The number of ketones is 1. The predicted molar refractivity (Wildman–Crippen MR) is 165 cm³/mol. The van der Waals surface area contributed by atoms with Gasteiger partial charge in [-0.05, 0) is 82.0 Å². The monoisotopic (exact) mass is 543 g/mol. The van der Waals surface area contributed by atoms with E-state index in [2.05, 4.69) is 84.5 Å². The number of allylic oxidation sites excluding steroid dienone is 2. The molecule has 212 valence electrons. The zero-order chi connectivity index (χ0) is 28.6. The lowest BCUT2D eigenvalue weighted by atomic mass is 9.99. The number of carbonyl (C=O) groups excluding carboxylic acids is 1. The number of hydrogen-bond acceptors (Lipinski definition) is 7. The minimum atomic E-state index is -0.266. The van der Waals surface area contributed by atoms with Crippen molar-refractivity contribution in [2.45, 2.75) is 31.8 Å². The van der Waals surface area contributed by atoms with Crippen LogP contribution in [0.4, 0.5) is 22.7 Å². The molecule has 1 aliphatic carbocycles. The second kappa shape index (κ2) is 11.1. The van der Waals surface area contributed by atoms with E-state index in [9.17, 15) is 9.90 Å². The number of quaternary nitrogens is 1. The summed E-state index contributed by atoms with van der Waals surface area (Å²) in [5.74, 6) is -0.310. The summed E-state index contributed by atoms with van der Waals surface area (Å²) in [5, 5.41) is 14.0. The average molecular weight is 544 g/mol. The van der Waals surface area contributed by atoms with Crippen LogP contribution >= 0.6 is 0 Å². The molecule has 2 N–H and O–H groups in total. The maximum atomic E-state index is 13.0. The summed E-state index contributed by atoms with van der Waals surface area (Å²) in [6.45, 7) is 5.78. The highest BCUT2D eigenvalue weighted by Crippen LogP contribution is 2.29. The van der Waals surface area contributed by atoms with Gasteiger partial charge in [0, 0.05) is 54.7 Å². The minimum absolute atomic E-state index is 0.0439. The van der Waals surface area contributed by atoms with Gasteiger partial charge in [0.1, 0.15) is 17.5 Å². The number of likely N-dealkylation sites (N-methyl/N-ethyl adjacent to an activating group) is 2. The first-order valence-corrected chi connectivity index (χ1v) is 14.2. The number of aliphatic hydroxyl groups is 1. The van der Waals surface area contributed by atoms with Crippen molar-refractivity contribution in [3.05, 3.63) is 71.6 Å². The van der Waals surface area contributed by atoms with E-state index < -0.39 is 0 Å². The molecule has 8 nitrogen and oxygen atoms in total. The minimum Gasteiger partial charge on any atom is -0.505 e. The fourth-order valence-electron chi connectivity index (χ4n) is 5.75. The molecule has 0 saturated carbocycles. The summed E-state index contributed by atoms with van der Waals surface area (Å²) < 4.78 is 0.965. The van der Waals surface area contributed by atoms with Gasteiger partial charge in [0.25, 0.3) is 0 Å². The Bertz CT molecular complexity index is 1330. The van der Waals surface area contributed by atoms with Gasteiger partial charge in [0.15, 0.2) is 0 Å². The molecule has 2 atom stereocenters. The van der Waals surface area contributed by atoms with Crippen LogP contribution in [0.1, 0.15) is 19.8 Å². The van der Waals surface area contributed by atoms with Crippen LogP contribution in [0.25, 0.3) is 0 Å². The van der Waals surface area contributed by atoms with Crippen molar-refractivity contribution in [2.75, 3.05) is 76.5 Å². The molecule has 2 aromatic rings. The normalized spacial score (nSPS) is 23.0. The van der Waals surface area contributed by atoms with Gasteiger partial charge in [-0.3, -0.25) is 4.79 Å². The van der Waals surface area contributed by atoms with Crippen LogP contribution in [0.3, 0.4) is 0 Å². The van der Waals surface area contributed by atoms with Gasteiger partial charge in [0.2, 0.25) is 5.78 Å². The second-order valence-corrected chi connectivity index (χ2v) is 12.4. The molecule has 0 spiro atoms. The lowest BCUT2D eigenvalue weighted by Gasteiger charge is -2.31. The molecule has 8 heteroatoms. The fourth-order valence-corrected chi connectivity index (χ4v) is 5.75. The van der Waals surface area contributed by atoms with Gasteiger partial charge in [0.05, 0.1) is 39.1 Å². The molecule has 0 bridgehead atoms. The Kier molecular flexibility index (Phi) is 7.75. The van der Waals surface area contributed by atoms with Gasteiger partial charge in [-0.2, -0.15) is 0 Å². The topological polar surface area (TPSA) is 71.4 Å². The quantitative estimate of drug-likeness (QED) is 0.393. The van der Waals surface area contributed by atoms with Crippen LogP contribution in [0.5, 0.6) is 0 Å². The third kappa shape index (κ3) is 5.93. The van der Waals surface area contributed by atoms with Gasteiger partial charge in [-0.1, -0.05) is 0 Å². The SMILES string of the molecule is CC1=C(O)C(Nc2ccc(N3CCC(N(C)C)C3)cc2)=CC(=Nc2ccc(N3CCC([N+](C)(C)C)C3)cc2)C1=O. The summed E-state index contributed by atoms with van der Waals surface area (Å²) in [6, 6.07) is 17.5. The van der Waals surface area contributed by atoms with E-state index in [1.165, 1.54) is 17.8 Å². The number of Topliss-reactive ketones (excluding diaryl/α,β-unsaturated/α-hetero) is 1. The average Bonchev–Trinajstić information content (AvgIpc) is 3.62. The summed E-state index contributed by atoms with van der Waals surface area (Å²) in [4.78, 5) is 24.7. The summed E-state index contributed by atoms with van der Waals surface area (Å²) >= 11 is 0. The summed E-state index contributed by atoms with van der Waals surface area (Å²) in [6.07, 6.45) is 3.97. The molecule has 2 heterocycles. The van der Waals surface area contributed by atoms with Crippen molar-refractivity contribution in [3.63, 3.8) is 0 Å². The number of anilines is 3. The Hall–Kier alpha value is -3.62. The number of aliphatic imine (C=N–C) groups is 1. The molecule has 2 unspecified atom stereocenters. The number of hydrogen-bond donors (Lipinski definition) is 2. The van der Waals surface area contributed by atoms with E-state index in [1.54, 1.807) is 13.0 Å². The largest absolute Gasteiger partial charge is 0.505 e. The predicted octanol–water partition coefficient (Wildman–Crippen LogP) is 4.60. The number of nitrogens with one attached hydrogen (secondary N) is 1. The van der Waals surface area contributed by atoms with Gasteiger partial charge >= 0.3 is 0 Å². The molecule has 2 aliphatic heterocycles. The number of rotatable bonds is 7. The Balaban J connectivity index is 1.29. The van der Waals surface area contributed by atoms with Gasteiger partial charge in [-0.25, -0.2) is 4.99 Å². The van der Waals surface area contributed by atoms with E-state index >= 15 is 0 Å².